The zero-order valence-corrected chi connectivity index (χ0v) is 16.7. The molecule has 1 aromatic heterocycles. The van der Waals surface area contributed by atoms with E-state index < -0.39 is 6.10 Å². The number of anilines is 1. The fourth-order valence-electron chi connectivity index (χ4n) is 3.10. The highest BCUT2D eigenvalue weighted by Gasteiger charge is 2.25. The molecule has 1 aromatic carbocycles. The number of thiophene rings is 1. The Morgan fingerprint density at radius 1 is 1.30 bits per heavy atom. The number of methoxy groups -OCH3 is 1. The Morgan fingerprint density at radius 3 is 2.74 bits per heavy atom. The summed E-state index contributed by atoms with van der Waals surface area (Å²) in [6.07, 6.45) is 2.83. The zero-order valence-electron chi connectivity index (χ0n) is 15.9. The molecule has 3 rings (SSSR count). The van der Waals surface area contributed by atoms with E-state index in [0.717, 1.165) is 42.2 Å². The van der Waals surface area contributed by atoms with Gasteiger partial charge < -0.3 is 19.1 Å². The summed E-state index contributed by atoms with van der Waals surface area (Å²) < 4.78 is 16.8. The maximum absolute atomic E-state index is 13.1. The van der Waals surface area contributed by atoms with Gasteiger partial charge in [0.15, 0.2) is 0 Å². The minimum atomic E-state index is -0.530. The van der Waals surface area contributed by atoms with Crippen molar-refractivity contribution in [3.8, 4) is 5.75 Å². The van der Waals surface area contributed by atoms with E-state index in [4.69, 9.17) is 14.2 Å². The molecule has 2 heterocycles. The third kappa shape index (κ3) is 5.54. The smallest absolute Gasteiger partial charge is 0.256 e. The summed E-state index contributed by atoms with van der Waals surface area (Å²) >= 11 is 1.64. The maximum atomic E-state index is 13.1. The number of amides is 1. The first-order chi connectivity index (χ1) is 13.2. The Morgan fingerprint density at radius 2 is 2.11 bits per heavy atom. The summed E-state index contributed by atoms with van der Waals surface area (Å²) in [6.45, 7) is 3.58. The van der Waals surface area contributed by atoms with E-state index in [0.29, 0.717) is 13.2 Å². The summed E-state index contributed by atoms with van der Waals surface area (Å²) in [5, 5.41) is 2.02. The highest BCUT2D eigenvalue weighted by molar-refractivity contribution is 7.09. The molecule has 0 saturated carbocycles. The molecule has 6 heteroatoms. The molecule has 2 aromatic rings. The van der Waals surface area contributed by atoms with Gasteiger partial charge in [-0.25, -0.2) is 0 Å². The van der Waals surface area contributed by atoms with Crippen LogP contribution in [0.25, 0.3) is 0 Å². The molecule has 0 bridgehead atoms. The lowest BCUT2D eigenvalue weighted by molar-refractivity contribution is -0.133. The average Bonchev–Trinajstić information content (AvgIpc) is 3.24. The molecule has 1 fully saturated rings. The van der Waals surface area contributed by atoms with Gasteiger partial charge in [0, 0.05) is 17.2 Å². The van der Waals surface area contributed by atoms with Gasteiger partial charge in [0.1, 0.15) is 11.9 Å². The quantitative estimate of drug-likeness (QED) is 0.677. The molecule has 2 atom stereocenters. The van der Waals surface area contributed by atoms with E-state index in [1.165, 1.54) is 0 Å². The fraction of sp³-hybridized carbons (Fsp3) is 0.476. The van der Waals surface area contributed by atoms with E-state index in [1.54, 1.807) is 23.3 Å². The molecule has 1 aliphatic heterocycles. The van der Waals surface area contributed by atoms with E-state index >= 15 is 0 Å². The van der Waals surface area contributed by atoms with Crippen molar-refractivity contribution in [2.45, 2.75) is 44.9 Å². The summed E-state index contributed by atoms with van der Waals surface area (Å²) in [5.74, 6) is 0.713. The van der Waals surface area contributed by atoms with Gasteiger partial charge in [-0.3, -0.25) is 4.79 Å². The normalized spacial score (nSPS) is 18.1. The monoisotopic (exact) mass is 389 g/mol. The average molecular weight is 390 g/mol. The number of hydrogen-bond acceptors (Lipinski definition) is 5. The van der Waals surface area contributed by atoms with Crippen molar-refractivity contribution < 1.29 is 19.0 Å². The predicted molar refractivity (Wildman–Crippen MR) is 108 cm³/mol. The van der Waals surface area contributed by atoms with Gasteiger partial charge in [-0.05, 0) is 61.9 Å². The molecule has 146 valence electrons. The first-order valence-corrected chi connectivity index (χ1v) is 10.3. The lowest BCUT2D eigenvalue weighted by atomic mass is 10.1. The molecule has 0 N–H and O–H groups in total. The van der Waals surface area contributed by atoms with E-state index in [-0.39, 0.29) is 12.0 Å². The number of ether oxygens (including phenoxy) is 3. The topological polar surface area (TPSA) is 48.0 Å². The third-order valence-electron chi connectivity index (χ3n) is 4.70. The highest BCUT2D eigenvalue weighted by Crippen LogP contribution is 2.24. The molecule has 0 radical (unpaired) electrons. The standard InChI is InChI=1S/C21H27NO4S/c1-16(26-15-19-6-3-4-12-25-19)21(23)22(14-20-7-5-13-27-20)17-8-10-18(24-2)11-9-17/h5,7-11,13,16,19H,3-4,6,12,14-15H2,1-2H3. The maximum Gasteiger partial charge on any atom is 0.256 e. The van der Waals surface area contributed by atoms with Gasteiger partial charge in [-0.15, -0.1) is 11.3 Å². The first kappa shape index (κ1) is 19.9. The van der Waals surface area contributed by atoms with E-state index in [1.807, 2.05) is 48.7 Å². The molecule has 1 amide bonds. The Hall–Kier alpha value is -1.89. The molecular weight excluding hydrogens is 362 g/mol. The van der Waals surface area contributed by atoms with E-state index in [2.05, 4.69) is 0 Å². The van der Waals surface area contributed by atoms with E-state index in [9.17, 15) is 4.79 Å². The highest BCUT2D eigenvalue weighted by atomic mass is 32.1. The fourth-order valence-corrected chi connectivity index (χ4v) is 3.79. The Labute approximate surface area is 164 Å². The predicted octanol–water partition coefficient (Wildman–Crippen LogP) is 4.26. The van der Waals surface area contributed by atoms with Crippen LogP contribution < -0.4 is 9.64 Å². The molecule has 2 unspecified atom stereocenters. The summed E-state index contributed by atoms with van der Waals surface area (Å²) in [7, 11) is 1.63. The van der Waals surface area contributed by atoms with Crippen LogP contribution in [0.2, 0.25) is 0 Å². The third-order valence-corrected chi connectivity index (χ3v) is 5.56. The minimum absolute atomic E-state index is 0.0515. The molecule has 5 nitrogen and oxygen atoms in total. The summed E-state index contributed by atoms with van der Waals surface area (Å²) in [5.41, 5.74) is 0.832. The Bertz CT molecular complexity index is 695. The van der Waals surface area contributed by atoms with Crippen LogP contribution in [0, 0.1) is 0 Å². The van der Waals surface area contributed by atoms with Crippen LogP contribution >= 0.6 is 11.3 Å². The number of carbonyl (C=O) groups is 1. The zero-order chi connectivity index (χ0) is 19.1. The largest absolute Gasteiger partial charge is 0.497 e. The molecule has 0 spiro atoms. The van der Waals surface area contributed by atoms with Crippen LogP contribution in [0.15, 0.2) is 41.8 Å². The second kappa shape index (κ2) is 9.88. The van der Waals surface area contributed by atoms with Crippen LogP contribution in [0.1, 0.15) is 31.1 Å². The molecule has 1 saturated heterocycles. The van der Waals surface area contributed by atoms with Crippen LogP contribution in [-0.2, 0) is 20.8 Å². The molecule has 1 aliphatic rings. The lowest BCUT2D eigenvalue weighted by Crippen LogP contribution is -2.40. The number of carbonyl (C=O) groups excluding carboxylic acids is 1. The number of rotatable bonds is 8. The van der Waals surface area contributed by atoms with Crippen molar-refractivity contribution in [2.75, 3.05) is 25.2 Å². The van der Waals surface area contributed by atoms with Crippen molar-refractivity contribution in [3.05, 3.63) is 46.7 Å². The molecule has 27 heavy (non-hydrogen) atoms. The Kier molecular flexibility index (Phi) is 7.26. The van der Waals surface area contributed by atoms with Crippen molar-refractivity contribution in [2.24, 2.45) is 0 Å². The number of hydrogen-bond donors (Lipinski definition) is 0. The van der Waals surface area contributed by atoms with Gasteiger partial charge >= 0.3 is 0 Å². The van der Waals surface area contributed by atoms with Crippen LogP contribution in [0.3, 0.4) is 0 Å². The Balaban J connectivity index is 1.68. The van der Waals surface area contributed by atoms with Crippen LogP contribution in [0.4, 0.5) is 5.69 Å². The van der Waals surface area contributed by atoms with Crippen molar-refractivity contribution in [1.82, 2.24) is 0 Å². The lowest BCUT2D eigenvalue weighted by Gasteiger charge is -2.28. The van der Waals surface area contributed by atoms with Gasteiger partial charge in [0.05, 0.1) is 26.4 Å². The second-order valence-corrected chi connectivity index (χ2v) is 7.70. The molecular formula is C21H27NO4S. The first-order valence-electron chi connectivity index (χ1n) is 9.38. The summed E-state index contributed by atoms with van der Waals surface area (Å²) in [6, 6.07) is 11.6. The minimum Gasteiger partial charge on any atom is -0.497 e. The molecule has 0 aliphatic carbocycles. The van der Waals surface area contributed by atoms with Gasteiger partial charge in [0.25, 0.3) is 5.91 Å². The van der Waals surface area contributed by atoms with Crippen molar-refractivity contribution in [3.63, 3.8) is 0 Å². The van der Waals surface area contributed by atoms with Gasteiger partial charge in [-0.1, -0.05) is 6.07 Å². The van der Waals surface area contributed by atoms with Gasteiger partial charge in [0.2, 0.25) is 0 Å². The summed E-state index contributed by atoms with van der Waals surface area (Å²) in [4.78, 5) is 16.0. The number of nitrogens with zero attached hydrogens (tertiary/aromatic N) is 1. The van der Waals surface area contributed by atoms with Gasteiger partial charge in [-0.2, -0.15) is 0 Å². The van der Waals surface area contributed by atoms with Crippen molar-refractivity contribution >= 4 is 22.9 Å². The van der Waals surface area contributed by atoms with Crippen LogP contribution in [0.5, 0.6) is 5.75 Å². The SMILES string of the molecule is COc1ccc(N(Cc2cccs2)C(=O)C(C)OCC2CCCCO2)cc1. The number of benzene rings is 1. The second-order valence-electron chi connectivity index (χ2n) is 6.67. The van der Waals surface area contributed by atoms with Crippen LogP contribution in [-0.4, -0.2) is 38.4 Å². The van der Waals surface area contributed by atoms with Crippen molar-refractivity contribution in [1.29, 1.82) is 0 Å².